The van der Waals surface area contributed by atoms with Crippen molar-refractivity contribution in [3.05, 3.63) is 111 Å². The van der Waals surface area contributed by atoms with Gasteiger partial charge in [-0.1, -0.05) is 49.4 Å². The number of aromatic amines is 1. The summed E-state index contributed by atoms with van der Waals surface area (Å²) in [6.45, 7) is 7.72. The maximum Gasteiger partial charge on any atom is 0.252 e. The number of nitrogens with one attached hydrogen (secondary N) is 1. The van der Waals surface area contributed by atoms with E-state index in [1.54, 1.807) is 6.26 Å². The highest BCUT2D eigenvalue weighted by Crippen LogP contribution is 2.27. The molecule has 0 amide bonds. The predicted octanol–water partition coefficient (Wildman–Crippen LogP) is 4.93. The molecule has 5 rings (SSSR count). The number of hydrogen-bond donors (Lipinski definition) is 1. The second-order valence-corrected chi connectivity index (χ2v) is 9.18. The van der Waals surface area contributed by atoms with Gasteiger partial charge in [-0.2, -0.15) is 0 Å². The average Bonchev–Trinajstić information content (AvgIpc) is 3.56. The first-order valence-corrected chi connectivity index (χ1v) is 12.2. The fraction of sp³-hybridized carbons (Fsp3) is 0.286. The van der Waals surface area contributed by atoms with Crippen LogP contribution in [-0.4, -0.2) is 30.1 Å². The first kappa shape index (κ1) is 23.7. The van der Waals surface area contributed by atoms with E-state index in [-0.39, 0.29) is 11.6 Å². The number of H-pyrrole nitrogens is 1. The number of hydrogen-bond acceptors (Lipinski definition) is 6. The third-order valence-corrected chi connectivity index (χ3v) is 6.80. The van der Waals surface area contributed by atoms with Gasteiger partial charge in [0.1, 0.15) is 5.76 Å². The molecular weight excluding hydrogens is 452 g/mol. The van der Waals surface area contributed by atoms with Crippen LogP contribution in [-0.2, 0) is 19.6 Å². The number of aromatic nitrogens is 5. The largest absolute Gasteiger partial charge is 0.468 e. The van der Waals surface area contributed by atoms with Gasteiger partial charge in [-0.3, -0.25) is 9.69 Å². The van der Waals surface area contributed by atoms with Crippen LogP contribution in [0.1, 0.15) is 53.2 Å². The fourth-order valence-electron chi connectivity index (χ4n) is 4.71. The van der Waals surface area contributed by atoms with E-state index in [4.69, 9.17) is 4.42 Å². The summed E-state index contributed by atoms with van der Waals surface area (Å²) in [5.41, 5.74) is 4.87. The quantitative estimate of drug-likeness (QED) is 0.320. The van der Waals surface area contributed by atoms with Gasteiger partial charge < -0.3 is 9.40 Å². The summed E-state index contributed by atoms with van der Waals surface area (Å²) >= 11 is 0. The summed E-state index contributed by atoms with van der Waals surface area (Å²) < 4.78 is 7.53. The van der Waals surface area contributed by atoms with Gasteiger partial charge in [0.05, 0.1) is 30.9 Å². The molecule has 1 atom stereocenters. The summed E-state index contributed by atoms with van der Waals surface area (Å²) in [5, 5.41) is 13.7. The highest BCUT2D eigenvalue weighted by Gasteiger charge is 2.27. The van der Waals surface area contributed by atoms with E-state index in [1.807, 2.05) is 48.0 Å². The summed E-state index contributed by atoms with van der Waals surface area (Å²) in [7, 11) is 0. The second kappa shape index (κ2) is 10.3. The highest BCUT2D eigenvalue weighted by molar-refractivity contribution is 5.83. The van der Waals surface area contributed by atoms with E-state index in [2.05, 4.69) is 63.5 Å². The summed E-state index contributed by atoms with van der Waals surface area (Å²) in [6.07, 6.45) is 2.43. The zero-order valence-corrected chi connectivity index (χ0v) is 20.8. The van der Waals surface area contributed by atoms with Crippen molar-refractivity contribution in [1.29, 1.82) is 0 Å². The topological polar surface area (TPSA) is 92.8 Å². The Labute approximate surface area is 209 Å². The van der Waals surface area contributed by atoms with E-state index in [0.717, 1.165) is 45.6 Å². The highest BCUT2D eigenvalue weighted by atomic mass is 16.3. The molecule has 0 bridgehead atoms. The lowest BCUT2D eigenvalue weighted by Crippen LogP contribution is -2.32. The third-order valence-electron chi connectivity index (χ3n) is 6.80. The van der Waals surface area contributed by atoms with Gasteiger partial charge in [-0.15, -0.1) is 5.10 Å². The molecule has 3 aromatic heterocycles. The Morgan fingerprint density at radius 2 is 1.89 bits per heavy atom. The second-order valence-electron chi connectivity index (χ2n) is 9.18. The molecule has 0 fully saturated rings. The molecule has 8 nitrogen and oxygen atoms in total. The van der Waals surface area contributed by atoms with Crippen LogP contribution in [0.2, 0.25) is 0 Å². The number of furan rings is 1. The molecule has 2 aromatic carbocycles. The molecule has 0 spiro atoms. The first-order valence-electron chi connectivity index (χ1n) is 12.2. The van der Waals surface area contributed by atoms with E-state index in [0.29, 0.717) is 25.2 Å². The van der Waals surface area contributed by atoms with Gasteiger partial charge in [0, 0.05) is 12.1 Å². The molecule has 184 valence electrons. The van der Waals surface area contributed by atoms with Crippen LogP contribution < -0.4 is 5.56 Å². The summed E-state index contributed by atoms with van der Waals surface area (Å²) in [4.78, 5) is 18.5. The minimum atomic E-state index is -0.122. The lowest BCUT2D eigenvalue weighted by Gasteiger charge is -2.29. The molecule has 0 aliphatic heterocycles. The Balaban J connectivity index is 1.51. The molecule has 0 saturated carbocycles. The van der Waals surface area contributed by atoms with E-state index in [9.17, 15) is 4.79 Å². The van der Waals surface area contributed by atoms with Crippen molar-refractivity contribution in [2.75, 3.05) is 0 Å². The molecule has 0 aliphatic rings. The number of pyridine rings is 1. The Bertz CT molecular complexity index is 1500. The first-order chi connectivity index (χ1) is 17.5. The smallest absolute Gasteiger partial charge is 0.252 e. The van der Waals surface area contributed by atoms with Crippen molar-refractivity contribution >= 4 is 10.9 Å². The van der Waals surface area contributed by atoms with Crippen LogP contribution in [0.4, 0.5) is 0 Å². The fourth-order valence-corrected chi connectivity index (χ4v) is 4.71. The number of nitrogens with zero attached hydrogens (tertiary/aromatic N) is 5. The van der Waals surface area contributed by atoms with E-state index >= 15 is 0 Å². The van der Waals surface area contributed by atoms with Crippen molar-refractivity contribution in [1.82, 2.24) is 30.1 Å². The van der Waals surface area contributed by atoms with Gasteiger partial charge in [-0.05, 0) is 71.0 Å². The third kappa shape index (κ3) is 4.85. The predicted molar refractivity (Wildman–Crippen MR) is 138 cm³/mol. The van der Waals surface area contributed by atoms with Crippen molar-refractivity contribution < 1.29 is 4.42 Å². The van der Waals surface area contributed by atoms with Crippen molar-refractivity contribution in [2.45, 2.75) is 52.9 Å². The zero-order valence-electron chi connectivity index (χ0n) is 20.8. The number of benzene rings is 2. The van der Waals surface area contributed by atoms with Crippen molar-refractivity contribution in [3.8, 4) is 0 Å². The summed E-state index contributed by atoms with van der Waals surface area (Å²) in [6, 6.07) is 20.0. The van der Waals surface area contributed by atoms with Crippen LogP contribution in [0.5, 0.6) is 0 Å². The molecule has 3 heterocycles. The Morgan fingerprint density at radius 3 is 2.64 bits per heavy atom. The van der Waals surface area contributed by atoms with Crippen LogP contribution in [0.15, 0.2) is 76.1 Å². The van der Waals surface area contributed by atoms with Gasteiger partial charge in [0.2, 0.25) is 0 Å². The normalized spacial score (nSPS) is 12.4. The summed E-state index contributed by atoms with van der Waals surface area (Å²) in [5.74, 6) is 1.58. The Kier molecular flexibility index (Phi) is 6.77. The van der Waals surface area contributed by atoms with Crippen molar-refractivity contribution in [2.24, 2.45) is 0 Å². The van der Waals surface area contributed by atoms with Gasteiger partial charge in [-0.25, -0.2) is 4.68 Å². The number of aryl methyl sites for hydroxylation is 2. The molecule has 0 aliphatic carbocycles. The minimum Gasteiger partial charge on any atom is -0.468 e. The van der Waals surface area contributed by atoms with E-state index in [1.165, 1.54) is 0 Å². The van der Waals surface area contributed by atoms with Crippen LogP contribution in [0, 0.1) is 13.8 Å². The van der Waals surface area contributed by atoms with E-state index < -0.39 is 0 Å². The zero-order chi connectivity index (χ0) is 25.1. The van der Waals surface area contributed by atoms with Gasteiger partial charge in [0.25, 0.3) is 5.56 Å². The number of tetrazole rings is 1. The van der Waals surface area contributed by atoms with Gasteiger partial charge in [0.15, 0.2) is 5.82 Å². The maximum atomic E-state index is 13.2. The molecule has 8 heteroatoms. The Morgan fingerprint density at radius 1 is 1.06 bits per heavy atom. The van der Waals surface area contributed by atoms with Gasteiger partial charge >= 0.3 is 0 Å². The van der Waals surface area contributed by atoms with Crippen LogP contribution in [0.3, 0.4) is 0 Å². The van der Waals surface area contributed by atoms with Crippen molar-refractivity contribution in [3.63, 3.8) is 0 Å². The molecule has 0 radical (unpaired) electrons. The number of fused-ring (bicyclic) bond motifs is 1. The SMILES string of the molecule is CCC(c1nnnn1Cc1ccccc1)N(Cc1ccco1)Cc1cc2ccc(C)c(C)c2[nH]c1=O. The molecule has 5 aromatic rings. The molecular formula is C28H30N6O2. The van der Waals surface area contributed by atoms with Crippen LogP contribution >= 0.6 is 0 Å². The Hall–Kier alpha value is -4.04. The monoisotopic (exact) mass is 482 g/mol. The molecule has 0 saturated heterocycles. The lowest BCUT2D eigenvalue weighted by atomic mass is 10.0. The number of rotatable bonds is 9. The van der Waals surface area contributed by atoms with Crippen LogP contribution in [0.25, 0.3) is 10.9 Å². The lowest BCUT2D eigenvalue weighted by molar-refractivity contribution is 0.149. The molecule has 36 heavy (non-hydrogen) atoms. The average molecular weight is 483 g/mol. The molecule has 1 unspecified atom stereocenters. The maximum absolute atomic E-state index is 13.2. The molecule has 1 N–H and O–H groups in total. The standard InChI is InChI=1S/C28H30N6O2/c1-4-25(27-30-31-32-34(27)16-21-9-6-5-7-10-21)33(18-24-11-8-14-36-24)17-23-15-22-13-12-19(2)20(3)26(22)29-28(23)35/h5-15,25H,4,16-18H2,1-3H3,(H,29,35). The minimum absolute atomic E-state index is 0.0839.